The monoisotopic (exact) mass is 262 g/mol. The number of aryl methyl sites for hydroxylation is 1. The first-order chi connectivity index (χ1) is 8.60. The van der Waals surface area contributed by atoms with Crippen LogP contribution < -0.4 is 5.73 Å². The summed E-state index contributed by atoms with van der Waals surface area (Å²) in [7, 11) is 0. The van der Waals surface area contributed by atoms with Crippen molar-refractivity contribution >= 4 is 17.4 Å². The van der Waals surface area contributed by atoms with E-state index in [1.807, 2.05) is 12.1 Å². The van der Waals surface area contributed by atoms with Crippen molar-refractivity contribution in [2.24, 2.45) is 10.9 Å². The molecule has 2 aromatic rings. The predicted molar refractivity (Wildman–Crippen MR) is 69.7 cm³/mol. The van der Waals surface area contributed by atoms with Gasteiger partial charge < -0.3 is 10.9 Å². The molecular weight excluding hydrogens is 252 g/mol. The van der Waals surface area contributed by atoms with Crippen LogP contribution in [0.5, 0.6) is 0 Å². The van der Waals surface area contributed by atoms with Gasteiger partial charge in [0, 0.05) is 10.6 Å². The minimum atomic E-state index is -0.0521. The van der Waals surface area contributed by atoms with Crippen molar-refractivity contribution in [1.82, 2.24) is 9.97 Å². The highest BCUT2D eigenvalue weighted by Gasteiger charge is 2.08. The smallest absolute Gasteiger partial charge is 0.188 e. The highest BCUT2D eigenvalue weighted by molar-refractivity contribution is 6.30. The van der Waals surface area contributed by atoms with Crippen LogP contribution in [0.3, 0.4) is 0 Å². The van der Waals surface area contributed by atoms with Gasteiger partial charge in [0.2, 0.25) is 0 Å². The van der Waals surface area contributed by atoms with Gasteiger partial charge in [0.15, 0.2) is 5.84 Å². The van der Waals surface area contributed by atoms with E-state index in [1.54, 1.807) is 25.1 Å². The van der Waals surface area contributed by atoms with Crippen LogP contribution in [0.25, 0.3) is 11.3 Å². The Bertz CT molecular complexity index is 613. The number of nitrogens with zero attached hydrogens (tertiary/aromatic N) is 3. The summed E-state index contributed by atoms with van der Waals surface area (Å²) in [5.74, 6) is 0.484. The van der Waals surface area contributed by atoms with E-state index in [4.69, 9.17) is 22.5 Å². The van der Waals surface area contributed by atoms with Gasteiger partial charge in [-0.05, 0) is 25.1 Å². The molecule has 5 nitrogen and oxygen atoms in total. The van der Waals surface area contributed by atoms with Crippen molar-refractivity contribution in [3.63, 3.8) is 0 Å². The van der Waals surface area contributed by atoms with E-state index in [1.165, 1.54) is 0 Å². The van der Waals surface area contributed by atoms with Crippen LogP contribution in [0.1, 0.15) is 11.5 Å². The molecule has 0 saturated heterocycles. The third kappa shape index (κ3) is 2.57. The Labute approximate surface area is 109 Å². The molecule has 0 unspecified atom stereocenters. The van der Waals surface area contributed by atoms with E-state index in [9.17, 15) is 0 Å². The average molecular weight is 263 g/mol. The van der Waals surface area contributed by atoms with Gasteiger partial charge in [-0.3, -0.25) is 0 Å². The normalized spacial score (nSPS) is 11.6. The molecule has 3 N–H and O–H groups in total. The molecule has 0 amide bonds. The number of nitrogens with two attached hydrogens (primary N) is 1. The maximum Gasteiger partial charge on any atom is 0.188 e. The zero-order valence-electron chi connectivity index (χ0n) is 9.63. The van der Waals surface area contributed by atoms with E-state index < -0.39 is 0 Å². The summed E-state index contributed by atoms with van der Waals surface area (Å²) in [6.07, 6.45) is 0. The number of halogens is 1. The molecule has 0 fully saturated rings. The van der Waals surface area contributed by atoms with Crippen molar-refractivity contribution in [3.05, 3.63) is 46.9 Å². The van der Waals surface area contributed by atoms with E-state index in [0.29, 0.717) is 22.2 Å². The van der Waals surface area contributed by atoms with Crippen LogP contribution in [0.2, 0.25) is 5.02 Å². The second-order valence-corrected chi connectivity index (χ2v) is 4.12. The van der Waals surface area contributed by atoms with Crippen molar-refractivity contribution in [1.29, 1.82) is 0 Å². The van der Waals surface area contributed by atoms with E-state index in [0.717, 1.165) is 5.56 Å². The Morgan fingerprint density at radius 3 is 2.78 bits per heavy atom. The topological polar surface area (TPSA) is 84.4 Å². The maximum atomic E-state index is 8.67. The Morgan fingerprint density at radius 2 is 2.11 bits per heavy atom. The van der Waals surface area contributed by atoms with Crippen LogP contribution >= 0.6 is 11.6 Å². The Morgan fingerprint density at radius 1 is 1.33 bits per heavy atom. The quantitative estimate of drug-likeness (QED) is 0.376. The fourth-order valence-corrected chi connectivity index (χ4v) is 1.74. The molecule has 18 heavy (non-hydrogen) atoms. The Balaban J connectivity index is 2.55. The molecule has 6 heteroatoms. The van der Waals surface area contributed by atoms with Crippen LogP contribution in [0, 0.1) is 6.92 Å². The molecule has 1 aromatic heterocycles. The number of hydrogen-bond donors (Lipinski definition) is 2. The summed E-state index contributed by atoms with van der Waals surface area (Å²) in [5, 5.41) is 12.2. The van der Waals surface area contributed by atoms with Gasteiger partial charge in [0.25, 0.3) is 0 Å². The maximum absolute atomic E-state index is 8.67. The lowest BCUT2D eigenvalue weighted by Crippen LogP contribution is -2.16. The lowest BCUT2D eigenvalue weighted by atomic mass is 10.1. The molecular formula is C12H11ClN4O. The first-order valence-electron chi connectivity index (χ1n) is 5.19. The third-order valence-corrected chi connectivity index (χ3v) is 2.56. The minimum Gasteiger partial charge on any atom is -0.409 e. The largest absolute Gasteiger partial charge is 0.409 e. The summed E-state index contributed by atoms with van der Waals surface area (Å²) < 4.78 is 0. The number of oxime groups is 1. The summed E-state index contributed by atoms with van der Waals surface area (Å²) in [6.45, 7) is 1.74. The Kier molecular flexibility index (Phi) is 3.43. The van der Waals surface area contributed by atoms with Gasteiger partial charge in [0.05, 0.1) is 5.69 Å². The standard InChI is InChI=1S/C12H11ClN4O/c1-7-15-10(6-11(16-7)12(14)17-18)8-3-2-4-9(13)5-8/h2-6,18H,1H3,(H2,14,17). The summed E-state index contributed by atoms with van der Waals surface area (Å²) in [5.41, 5.74) is 7.42. The SMILES string of the molecule is Cc1nc(C(N)=NO)cc(-c2cccc(Cl)c2)n1. The molecule has 1 aromatic carbocycles. The van der Waals surface area contributed by atoms with Crippen LogP contribution in [0.4, 0.5) is 0 Å². The van der Waals surface area contributed by atoms with Gasteiger partial charge in [-0.1, -0.05) is 28.9 Å². The number of aromatic nitrogens is 2. The second-order valence-electron chi connectivity index (χ2n) is 3.68. The fraction of sp³-hybridized carbons (Fsp3) is 0.0833. The molecule has 0 aliphatic carbocycles. The molecule has 1 heterocycles. The Hall–Kier alpha value is -2.14. The zero-order valence-corrected chi connectivity index (χ0v) is 10.4. The summed E-state index contributed by atoms with van der Waals surface area (Å²) >= 11 is 5.93. The number of benzene rings is 1. The lowest BCUT2D eigenvalue weighted by Gasteiger charge is -2.05. The van der Waals surface area contributed by atoms with Crippen molar-refractivity contribution in [3.8, 4) is 11.3 Å². The number of hydrogen-bond acceptors (Lipinski definition) is 4. The molecule has 0 bridgehead atoms. The third-order valence-electron chi connectivity index (χ3n) is 2.33. The molecule has 92 valence electrons. The molecule has 0 radical (unpaired) electrons. The van der Waals surface area contributed by atoms with Gasteiger partial charge in [0.1, 0.15) is 11.5 Å². The van der Waals surface area contributed by atoms with E-state index in [-0.39, 0.29) is 5.84 Å². The molecule has 0 atom stereocenters. The van der Waals surface area contributed by atoms with Crippen LogP contribution in [0.15, 0.2) is 35.5 Å². The van der Waals surface area contributed by atoms with Crippen molar-refractivity contribution < 1.29 is 5.21 Å². The second kappa shape index (κ2) is 5.01. The predicted octanol–water partition coefficient (Wildman–Crippen LogP) is 2.20. The number of rotatable bonds is 2. The van der Waals surface area contributed by atoms with Crippen molar-refractivity contribution in [2.75, 3.05) is 0 Å². The molecule has 0 aliphatic heterocycles. The molecule has 0 saturated carbocycles. The molecule has 0 spiro atoms. The summed E-state index contributed by atoms with van der Waals surface area (Å²) in [4.78, 5) is 8.39. The highest BCUT2D eigenvalue weighted by Crippen LogP contribution is 2.21. The van der Waals surface area contributed by atoms with Crippen LogP contribution in [-0.2, 0) is 0 Å². The fourth-order valence-electron chi connectivity index (χ4n) is 1.55. The van der Waals surface area contributed by atoms with E-state index in [2.05, 4.69) is 15.1 Å². The summed E-state index contributed by atoms with van der Waals surface area (Å²) in [6, 6.07) is 8.93. The van der Waals surface area contributed by atoms with Gasteiger partial charge >= 0.3 is 0 Å². The lowest BCUT2D eigenvalue weighted by molar-refractivity contribution is 0.318. The number of amidine groups is 1. The van der Waals surface area contributed by atoms with E-state index >= 15 is 0 Å². The first kappa shape index (κ1) is 12.3. The van der Waals surface area contributed by atoms with Crippen molar-refractivity contribution in [2.45, 2.75) is 6.92 Å². The first-order valence-corrected chi connectivity index (χ1v) is 5.57. The molecule has 2 rings (SSSR count). The highest BCUT2D eigenvalue weighted by atomic mass is 35.5. The minimum absolute atomic E-state index is 0.0521. The van der Waals surface area contributed by atoms with Gasteiger partial charge in [-0.25, -0.2) is 9.97 Å². The van der Waals surface area contributed by atoms with Gasteiger partial charge in [-0.2, -0.15) is 0 Å². The van der Waals surface area contributed by atoms with Crippen LogP contribution in [-0.4, -0.2) is 21.0 Å². The average Bonchev–Trinajstić information content (AvgIpc) is 2.37. The van der Waals surface area contributed by atoms with Gasteiger partial charge in [-0.15, -0.1) is 0 Å². The zero-order chi connectivity index (χ0) is 13.1. The molecule has 0 aliphatic rings.